The molecule has 3 unspecified atom stereocenters. The van der Waals surface area contributed by atoms with Crippen molar-refractivity contribution in [1.29, 1.82) is 0 Å². The van der Waals surface area contributed by atoms with Gasteiger partial charge < -0.3 is 5.32 Å². The Labute approximate surface area is 136 Å². The molecule has 1 heterocycles. The molecule has 5 heteroatoms. The summed E-state index contributed by atoms with van der Waals surface area (Å²) >= 11 is 12.1. The van der Waals surface area contributed by atoms with Gasteiger partial charge in [-0.25, -0.2) is 0 Å². The number of rotatable bonds is 4. The molecular formula is C16H22Cl2N2O. The van der Waals surface area contributed by atoms with Gasteiger partial charge in [-0.2, -0.15) is 0 Å². The molecule has 116 valence electrons. The van der Waals surface area contributed by atoms with Gasteiger partial charge in [-0.1, -0.05) is 36.2 Å². The fourth-order valence-electron chi connectivity index (χ4n) is 2.75. The topological polar surface area (TPSA) is 32.3 Å². The zero-order valence-corrected chi connectivity index (χ0v) is 14.2. The lowest BCUT2D eigenvalue weighted by Gasteiger charge is -2.25. The summed E-state index contributed by atoms with van der Waals surface area (Å²) < 4.78 is 0. The Balaban J connectivity index is 1.98. The van der Waals surface area contributed by atoms with Crippen molar-refractivity contribution in [3.63, 3.8) is 0 Å². The SMILES string of the molecule is CC1CCN(C(C)C(=O)NC(C)c2ccc(Cl)cc2Cl)C1. The molecule has 0 bridgehead atoms. The van der Waals surface area contributed by atoms with Crippen LogP contribution in [0.15, 0.2) is 18.2 Å². The van der Waals surface area contributed by atoms with Gasteiger partial charge >= 0.3 is 0 Å². The molecule has 3 nitrogen and oxygen atoms in total. The van der Waals surface area contributed by atoms with Crippen molar-refractivity contribution >= 4 is 29.1 Å². The third kappa shape index (κ3) is 4.12. The Morgan fingerprint density at radius 3 is 2.67 bits per heavy atom. The second-order valence-corrected chi connectivity index (χ2v) is 6.80. The first-order chi connectivity index (χ1) is 9.88. The minimum Gasteiger partial charge on any atom is -0.348 e. The molecule has 1 N–H and O–H groups in total. The lowest BCUT2D eigenvalue weighted by molar-refractivity contribution is -0.126. The van der Waals surface area contributed by atoms with Gasteiger partial charge in [-0.3, -0.25) is 9.69 Å². The van der Waals surface area contributed by atoms with E-state index in [9.17, 15) is 4.79 Å². The first kappa shape index (κ1) is 16.6. The average molecular weight is 329 g/mol. The molecule has 1 aliphatic heterocycles. The maximum atomic E-state index is 12.4. The van der Waals surface area contributed by atoms with Crippen LogP contribution in [0.4, 0.5) is 0 Å². The largest absolute Gasteiger partial charge is 0.348 e. The second-order valence-electron chi connectivity index (χ2n) is 5.96. The summed E-state index contributed by atoms with van der Waals surface area (Å²) in [5, 5.41) is 4.22. The van der Waals surface area contributed by atoms with Crippen LogP contribution in [0, 0.1) is 5.92 Å². The maximum absolute atomic E-state index is 12.4. The molecule has 1 aliphatic rings. The van der Waals surface area contributed by atoms with Crippen molar-refractivity contribution in [2.24, 2.45) is 5.92 Å². The molecule has 1 fully saturated rings. The van der Waals surface area contributed by atoms with E-state index in [4.69, 9.17) is 23.2 Å². The number of likely N-dealkylation sites (tertiary alicyclic amines) is 1. The predicted molar refractivity (Wildman–Crippen MR) is 87.8 cm³/mol. The van der Waals surface area contributed by atoms with E-state index in [2.05, 4.69) is 17.1 Å². The highest BCUT2D eigenvalue weighted by Crippen LogP contribution is 2.26. The van der Waals surface area contributed by atoms with Crippen molar-refractivity contribution < 1.29 is 4.79 Å². The van der Waals surface area contributed by atoms with E-state index >= 15 is 0 Å². The average Bonchev–Trinajstić information content (AvgIpc) is 2.84. The zero-order valence-electron chi connectivity index (χ0n) is 12.7. The van der Waals surface area contributed by atoms with E-state index in [0.29, 0.717) is 16.0 Å². The van der Waals surface area contributed by atoms with Crippen LogP contribution >= 0.6 is 23.2 Å². The van der Waals surface area contributed by atoms with Gasteiger partial charge in [0.05, 0.1) is 12.1 Å². The standard InChI is InChI=1S/C16H22Cl2N2O/c1-10-6-7-20(9-10)12(3)16(21)19-11(2)14-5-4-13(17)8-15(14)18/h4-5,8,10-12H,6-7,9H2,1-3H3,(H,19,21). The van der Waals surface area contributed by atoms with Gasteiger partial charge in [0, 0.05) is 16.6 Å². The first-order valence-electron chi connectivity index (χ1n) is 7.38. The van der Waals surface area contributed by atoms with E-state index in [-0.39, 0.29) is 18.0 Å². The molecule has 0 saturated carbocycles. The Kier molecular flexibility index (Phi) is 5.53. The summed E-state index contributed by atoms with van der Waals surface area (Å²) in [6.07, 6.45) is 1.16. The summed E-state index contributed by atoms with van der Waals surface area (Å²) in [4.78, 5) is 14.6. The molecular weight excluding hydrogens is 307 g/mol. The maximum Gasteiger partial charge on any atom is 0.237 e. The summed E-state index contributed by atoms with van der Waals surface area (Å²) in [7, 11) is 0. The summed E-state index contributed by atoms with van der Waals surface area (Å²) in [6.45, 7) is 8.10. The van der Waals surface area contributed by atoms with Crippen LogP contribution < -0.4 is 5.32 Å². The van der Waals surface area contributed by atoms with E-state index in [1.165, 1.54) is 0 Å². The molecule has 1 aromatic carbocycles. The van der Waals surface area contributed by atoms with E-state index < -0.39 is 0 Å². The summed E-state index contributed by atoms with van der Waals surface area (Å²) in [5.74, 6) is 0.714. The molecule has 1 amide bonds. The van der Waals surface area contributed by atoms with Crippen LogP contribution in [0.5, 0.6) is 0 Å². The van der Waals surface area contributed by atoms with Crippen molar-refractivity contribution in [2.45, 2.75) is 39.3 Å². The van der Waals surface area contributed by atoms with Crippen LogP contribution in [0.25, 0.3) is 0 Å². The van der Waals surface area contributed by atoms with Crippen molar-refractivity contribution in [2.75, 3.05) is 13.1 Å². The highest BCUT2D eigenvalue weighted by molar-refractivity contribution is 6.35. The van der Waals surface area contributed by atoms with Crippen molar-refractivity contribution in [1.82, 2.24) is 10.2 Å². The molecule has 0 spiro atoms. The van der Waals surface area contributed by atoms with Crippen LogP contribution in [0.3, 0.4) is 0 Å². The van der Waals surface area contributed by atoms with Crippen LogP contribution in [0.1, 0.15) is 38.8 Å². The number of nitrogens with zero attached hydrogens (tertiary/aromatic N) is 1. The van der Waals surface area contributed by atoms with E-state index in [1.54, 1.807) is 12.1 Å². The highest BCUT2D eigenvalue weighted by Gasteiger charge is 2.28. The highest BCUT2D eigenvalue weighted by atomic mass is 35.5. The molecule has 0 aliphatic carbocycles. The first-order valence-corrected chi connectivity index (χ1v) is 8.13. The Morgan fingerprint density at radius 2 is 2.10 bits per heavy atom. The smallest absolute Gasteiger partial charge is 0.237 e. The lowest BCUT2D eigenvalue weighted by Crippen LogP contribution is -2.44. The number of nitrogens with one attached hydrogen (secondary N) is 1. The Bertz CT molecular complexity index is 521. The number of halogens is 2. The molecule has 21 heavy (non-hydrogen) atoms. The summed E-state index contributed by atoms with van der Waals surface area (Å²) in [5.41, 5.74) is 0.886. The molecule has 2 rings (SSSR count). The minimum absolute atomic E-state index is 0.0441. The molecule has 1 aromatic rings. The second kappa shape index (κ2) is 6.99. The normalized spacial score (nSPS) is 22.0. The van der Waals surface area contributed by atoms with Gasteiger partial charge in [0.15, 0.2) is 0 Å². The monoisotopic (exact) mass is 328 g/mol. The van der Waals surface area contributed by atoms with Gasteiger partial charge in [0.2, 0.25) is 5.91 Å². The van der Waals surface area contributed by atoms with Crippen LogP contribution in [0.2, 0.25) is 10.0 Å². The number of amides is 1. The quantitative estimate of drug-likeness (QED) is 0.909. The molecule has 0 aromatic heterocycles. The molecule has 0 radical (unpaired) electrons. The summed E-state index contributed by atoms with van der Waals surface area (Å²) in [6, 6.07) is 5.11. The fourth-order valence-corrected chi connectivity index (χ4v) is 3.32. The zero-order chi connectivity index (χ0) is 15.6. The molecule has 3 atom stereocenters. The number of benzene rings is 1. The van der Waals surface area contributed by atoms with Gasteiger partial charge in [-0.05, 0) is 50.4 Å². The predicted octanol–water partition coefficient (Wildman–Crippen LogP) is 3.90. The van der Waals surface area contributed by atoms with Crippen LogP contribution in [-0.2, 0) is 4.79 Å². The van der Waals surface area contributed by atoms with Crippen molar-refractivity contribution in [3.8, 4) is 0 Å². The van der Waals surface area contributed by atoms with Gasteiger partial charge in [0.1, 0.15) is 0 Å². The lowest BCUT2D eigenvalue weighted by atomic mass is 10.1. The number of hydrogen-bond acceptors (Lipinski definition) is 2. The molecule has 1 saturated heterocycles. The fraction of sp³-hybridized carbons (Fsp3) is 0.562. The van der Waals surface area contributed by atoms with Crippen molar-refractivity contribution in [3.05, 3.63) is 33.8 Å². The minimum atomic E-state index is -0.134. The third-order valence-corrected chi connectivity index (χ3v) is 4.73. The number of carbonyl (C=O) groups excluding carboxylic acids is 1. The van der Waals surface area contributed by atoms with Gasteiger partial charge in [-0.15, -0.1) is 0 Å². The Morgan fingerprint density at radius 1 is 1.38 bits per heavy atom. The van der Waals surface area contributed by atoms with E-state index in [0.717, 1.165) is 25.1 Å². The van der Waals surface area contributed by atoms with Gasteiger partial charge in [0.25, 0.3) is 0 Å². The number of carbonyl (C=O) groups is 1. The van der Waals surface area contributed by atoms with Crippen LogP contribution in [-0.4, -0.2) is 29.9 Å². The van der Waals surface area contributed by atoms with E-state index in [1.807, 2.05) is 19.9 Å². The number of hydrogen-bond donors (Lipinski definition) is 1. The Hall–Kier alpha value is -0.770. The third-order valence-electron chi connectivity index (χ3n) is 4.17.